The van der Waals surface area contributed by atoms with Gasteiger partial charge in [0.2, 0.25) is 21.8 Å². The highest BCUT2D eigenvalue weighted by molar-refractivity contribution is 7.92. The molecular formula is C26H35Cl2N3O5S. The van der Waals surface area contributed by atoms with Gasteiger partial charge in [0.15, 0.2) is 0 Å². The van der Waals surface area contributed by atoms with Crippen LogP contribution in [0.4, 0.5) is 5.69 Å². The van der Waals surface area contributed by atoms with E-state index in [0.29, 0.717) is 27.0 Å². The normalized spacial score (nSPS) is 12.5. The third-order valence-electron chi connectivity index (χ3n) is 5.51. The van der Waals surface area contributed by atoms with Gasteiger partial charge in [0.05, 0.1) is 19.1 Å². The Morgan fingerprint density at radius 3 is 2.35 bits per heavy atom. The lowest BCUT2D eigenvalue weighted by atomic mass is 10.1. The van der Waals surface area contributed by atoms with Crippen LogP contribution in [0.2, 0.25) is 10.0 Å². The lowest BCUT2D eigenvalue weighted by Gasteiger charge is -2.32. The van der Waals surface area contributed by atoms with E-state index in [9.17, 15) is 18.0 Å². The van der Waals surface area contributed by atoms with Crippen LogP contribution in [0.3, 0.4) is 0 Å². The van der Waals surface area contributed by atoms with Gasteiger partial charge in [0, 0.05) is 41.2 Å². The van der Waals surface area contributed by atoms with Gasteiger partial charge in [-0.25, -0.2) is 8.42 Å². The molecule has 2 aromatic carbocycles. The Balaban J connectivity index is 2.24. The summed E-state index contributed by atoms with van der Waals surface area (Å²) in [7, 11) is -2.11. The molecular weight excluding hydrogens is 537 g/mol. The second kappa shape index (κ2) is 12.8. The van der Waals surface area contributed by atoms with Gasteiger partial charge in [-0.1, -0.05) is 35.3 Å². The molecule has 1 N–H and O–H groups in total. The largest absolute Gasteiger partial charge is 0.497 e. The molecule has 0 spiro atoms. The second-order valence-electron chi connectivity index (χ2n) is 9.81. The molecule has 0 aliphatic heterocycles. The van der Waals surface area contributed by atoms with E-state index in [1.165, 1.54) is 16.3 Å². The number of amides is 2. The van der Waals surface area contributed by atoms with E-state index in [2.05, 4.69) is 5.32 Å². The van der Waals surface area contributed by atoms with Crippen molar-refractivity contribution in [2.24, 2.45) is 0 Å². The van der Waals surface area contributed by atoms with Gasteiger partial charge in [0.1, 0.15) is 11.8 Å². The number of hydrogen-bond donors (Lipinski definition) is 1. The van der Waals surface area contributed by atoms with Crippen LogP contribution in [0, 0.1) is 0 Å². The maximum Gasteiger partial charge on any atom is 0.242 e. The van der Waals surface area contributed by atoms with E-state index >= 15 is 0 Å². The van der Waals surface area contributed by atoms with Crippen LogP contribution in [0.25, 0.3) is 0 Å². The molecule has 0 heterocycles. The molecule has 1 unspecified atom stereocenters. The van der Waals surface area contributed by atoms with Crippen LogP contribution in [-0.4, -0.2) is 56.6 Å². The predicted molar refractivity (Wildman–Crippen MR) is 149 cm³/mol. The molecule has 0 aromatic heterocycles. The van der Waals surface area contributed by atoms with E-state index in [-0.39, 0.29) is 37.7 Å². The van der Waals surface area contributed by atoms with Crippen LogP contribution in [0.5, 0.6) is 5.75 Å². The molecule has 1 atom stereocenters. The van der Waals surface area contributed by atoms with Gasteiger partial charge < -0.3 is 15.0 Å². The highest BCUT2D eigenvalue weighted by atomic mass is 35.5. The lowest BCUT2D eigenvalue weighted by Crippen LogP contribution is -2.52. The number of benzene rings is 2. The fourth-order valence-electron chi connectivity index (χ4n) is 3.66. The Kier molecular flexibility index (Phi) is 10.7. The van der Waals surface area contributed by atoms with E-state index in [0.717, 1.165) is 6.26 Å². The Bertz CT molecular complexity index is 1210. The number of carbonyl (C=O) groups excluding carboxylic acids is 2. The molecule has 0 saturated heterocycles. The fourth-order valence-corrected chi connectivity index (χ4v) is 5.09. The van der Waals surface area contributed by atoms with Crippen molar-refractivity contribution in [3.05, 3.63) is 58.1 Å². The number of sulfonamides is 1. The summed E-state index contributed by atoms with van der Waals surface area (Å²) in [5.41, 5.74) is 0.603. The van der Waals surface area contributed by atoms with Crippen LogP contribution in [0.1, 0.15) is 46.1 Å². The number of methoxy groups -OCH3 is 1. The summed E-state index contributed by atoms with van der Waals surface area (Å²) in [4.78, 5) is 27.8. The summed E-state index contributed by atoms with van der Waals surface area (Å²) in [5.74, 6) is -0.0892. The molecule has 0 bridgehead atoms. The standard InChI is InChI=1S/C26H35Cl2N3O5S/c1-18(25(33)29-26(2,3)4)30(17-19-12-13-20(27)15-23(19)28)24(32)11-8-14-31(37(6,34)35)21-9-7-10-22(16-21)36-5/h7,9-10,12-13,15-16,18H,8,11,14,17H2,1-6H3,(H,29,33). The topological polar surface area (TPSA) is 96.0 Å². The SMILES string of the molecule is COc1cccc(N(CCCC(=O)N(Cc2ccc(Cl)cc2Cl)C(C)C(=O)NC(C)(C)C)S(C)(=O)=O)c1. The first kappa shape index (κ1) is 30.7. The zero-order chi connectivity index (χ0) is 28.0. The van der Waals surface area contributed by atoms with Gasteiger partial charge in [-0.05, 0) is 63.9 Å². The molecule has 0 aliphatic carbocycles. The van der Waals surface area contributed by atoms with E-state index < -0.39 is 21.6 Å². The number of carbonyl (C=O) groups is 2. The zero-order valence-corrected chi connectivity index (χ0v) is 24.4. The van der Waals surface area contributed by atoms with Crippen molar-refractivity contribution in [3.63, 3.8) is 0 Å². The molecule has 204 valence electrons. The average molecular weight is 573 g/mol. The molecule has 2 rings (SSSR count). The van der Waals surface area contributed by atoms with Crippen molar-refractivity contribution in [2.45, 2.75) is 58.7 Å². The molecule has 0 saturated carbocycles. The highest BCUT2D eigenvalue weighted by Gasteiger charge is 2.29. The number of ether oxygens (including phenoxy) is 1. The first-order valence-electron chi connectivity index (χ1n) is 11.8. The van der Waals surface area contributed by atoms with Gasteiger partial charge in [-0.3, -0.25) is 13.9 Å². The van der Waals surface area contributed by atoms with Crippen LogP contribution in [-0.2, 0) is 26.2 Å². The van der Waals surface area contributed by atoms with Crippen molar-refractivity contribution >= 4 is 50.7 Å². The maximum atomic E-state index is 13.4. The summed E-state index contributed by atoms with van der Waals surface area (Å²) >= 11 is 12.4. The third kappa shape index (κ3) is 9.39. The number of nitrogens with one attached hydrogen (secondary N) is 1. The summed E-state index contributed by atoms with van der Waals surface area (Å²) in [6.07, 6.45) is 1.37. The number of rotatable bonds is 11. The Labute approximate surface area is 229 Å². The zero-order valence-electron chi connectivity index (χ0n) is 22.0. The minimum absolute atomic E-state index is 0.0222. The minimum atomic E-state index is -3.61. The second-order valence-corrected chi connectivity index (χ2v) is 12.6. The van der Waals surface area contributed by atoms with Gasteiger partial charge in [-0.15, -0.1) is 0 Å². The van der Waals surface area contributed by atoms with Crippen LogP contribution < -0.4 is 14.4 Å². The summed E-state index contributed by atoms with van der Waals surface area (Å²) in [6.45, 7) is 7.41. The number of anilines is 1. The predicted octanol–water partition coefficient (Wildman–Crippen LogP) is 4.88. The summed E-state index contributed by atoms with van der Waals surface area (Å²) < 4.78 is 31.4. The Morgan fingerprint density at radius 2 is 1.78 bits per heavy atom. The first-order chi connectivity index (χ1) is 17.1. The fraction of sp³-hybridized carbons (Fsp3) is 0.462. The number of halogens is 2. The summed E-state index contributed by atoms with van der Waals surface area (Å²) in [6, 6.07) is 10.9. The lowest BCUT2D eigenvalue weighted by molar-refractivity contribution is -0.141. The maximum absolute atomic E-state index is 13.4. The van der Waals surface area contributed by atoms with E-state index in [1.807, 2.05) is 20.8 Å². The van der Waals surface area contributed by atoms with Crippen LogP contribution >= 0.6 is 23.2 Å². The monoisotopic (exact) mass is 571 g/mol. The molecule has 0 fully saturated rings. The third-order valence-corrected chi connectivity index (χ3v) is 7.30. The highest BCUT2D eigenvalue weighted by Crippen LogP contribution is 2.25. The van der Waals surface area contributed by atoms with E-state index in [1.54, 1.807) is 49.4 Å². The molecule has 8 nitrogen and oxygen atoms in total. The smallest absolute Gasteiger partial charge is 0.242 e. The molecule has 0 radical (unpaired) electrons. The number of nitrogens with zero attached hydrogens (tertiary/aromatic N) is 2. The van der Waals surface area contributed by atoms with Crippen molar-refractivity contribution < 1.29 is 22.7 Å². The first-order valence-corrected chi connectivity index (χ1v) is 14.4. The van der Waals surface area contributed by atoms with Gasteiger partial charge in [0.25, 0.3) is 0 Å². The van der Waals surface area contributed by atoms with Gasteiger partial charge in [-0.2, -0.15) is 0 Å². The van der Waals surface area contributed by atoms with Crippen molar-refractivity contribution in [3.8, 4) is 5.75 Å². The van der Waals surface area contributed by atoms with Gasteiger partial charge >= 0.3 is 0 Å². The quantitative estimate of drug-likeness (QED) is 0.414. The number of hydrogen-bond acceptors (Lipinski definition) is 5. The van der Waals surface area contributed by atoms with Crippen LogP contribution in [0.15, 0.2) is 42.5 Å². The average Bonchev–Trinajstić information content (AvgIpc) is 2.79. The molecule has 2 aromatic rings. The molecule has 0 aliphatic rings. The molecule has 2 amide bonds. The Morgan fingerprint density at radius 1 is 1.11 bits per heavy atom. The minimum Gasteiger partial charge on any atom is -0.497 e. The van der Waals surface area contributed by atoms with Crippen molar-refractivity contribution in [2.75, 3.05) is 24.2 Å². The van der Waals surface area contributed by atoms with E-state index in [4.69, 9.17) is 27.9 Å². The molecule has 37 heavy (non-hydrogen) atoms. The molecule has 11 heteroatoms. The summed E-state index contributed by atoms with van der Waals surface area (Å²) in [5, 5.41) is 3.75. The van der Waals surface area contributed by atoms with Crippen molar-refractivity contribution in [1.29, 1.82) is 0 Å². The van der Waals surface area contributed by atoms with Crippen molar-refractivity contribution in [1.82, 2.24) is 10.2 Å². The Hall–Kier alpha value is -2.49.